The molecule has 12 bridgehead atoms. The van der Waals surface area contributed by atoms with Crippen molar-refractivity contribution in [1.29, 1.82) is 0 Å². The lowest BCUT2D eigenvalue weighted by molar-refractivity contribution is -0.139. The maximum Gasteiger partial charge on any atom is 0.317 e. The van der Waals surface area contributed by atoms with E-state index in [4.69, 9.17) is 35.9 Å². The quantitative estimate of drug-likeness (QED) is 0.171. The predicted molar refractivity (Wildman–Crippen MR) is 226 cm³/mol. The van der Waals surface area contributed by atoms with Crippen molar-refractivity contribution in [3.8, 4) is 56.7 Å². The molecule has 0 fully saturated rings. The molecule has 6 aromatic heterocycles. The molecule has 16 heteroatoms. The molecule has 0 spiro atoms. The second-order valence-electron chi connectivity index (χ2n) is 14.7. The predicted octanol–water partition coefficient (Wildman–Crippen LogP) is 5.77. The van der Waals surface area contributed by atoms with E-state index in [2.05, 4.69) is 29.2 Å². The lowest BCUT2D eigenvalue weighted by Gasteiger charge is -2.19. The molecule has 0 atom stereocenters. The monoisotopic (exact) mass is 810 g/mol. The molecule has 0 unspecified atom stereocenters. The highest BCUT2D eigenvalue weighted by Crippen LogP contribution is 2.31. The van der Waals surface area contributed by atoms with Crippen LogP contribution in [-0.2, 0) is 35.8 Å². The Morgan fingerprint density at radius 3 is 1.43 bits per heavy atom. The molecule has 0 saturated carbocycles. The number of carboxylic acids is 2. The molecule has 9 rings (SSSR count). The molecular weight excluding hydrogens is 773 g/mol. The molecule has 2 aromatic carbocycles. The van der Waals surface area contributed by atoms with Crippen LogP contribution < -0.4 is 5.73 Å². The Hall–Kier alpha value is -7.95. The average Bonchev–Trinajstić information content (AvgIpc) is 3.93. The molecule has 0 radical (unpaired) electrons. The highest BCUT2D eigenvalue weighted by Gasteiger charge is 2.19. The Morgan fingerprint density at radius 2 is 0.951 bits per heavy atom. The number of benzene rings is 2. The van der Waals surface area contributed by atoms with Gasteiger partial charge in [-0.25, -0.2) is 29.3 Å². The van der Waals surface area contributed by atoms with Crippen LogP contribution >= 0.6 is 0 Å². The highest BCUT2D eigenvalue weighted by molar-refractivity contribution is 5.77. The van der Waals surface area contributed by atoms with Crippen LogP contribution in [0.2, 0.25) is 0 Å². The fourth-order valence-electron chi connectivity index (χ4n) is 7.26. The van der Waals surface area contributed by atoms with Gasteiger partial charge < -0.3 is 15.9 Å². The Kier molecular flexibility index (Phi) is 10.6. The number of carbonyl (C=O) groups is 2. The van der Waals surface area contributed by atoms with Crippen molar-refractivity contribution < 1.29 is 19.8 Å². The fourth-order valence-corrected chi connectivity index (χ4v) is 7.26. The molecule has 0 amide bonds. The van der Waals surface area contributed by atoms with E-state index in [9.17, 15) is 19.8 Å². The third-order valence-corrected chi connectivity index (χ3v) is 10.1. The molecule has 8 aromatic rings. The van der Waals surface area contributed by atoms with E-state index in [0.29, 0.717) is 62.9 Å². The Balaban J connectivity index is 1.14. The van der Waals surface area contributed by atoms with E-state index in [1.165, 1.54) is 0 Å². The number of carboxylic acid groups (broad SMARTS) is 2. The minimum atomic E-state index is -0.983. The lowest BCUT2D eigenvalue weighted by atomic mass is 9.99. The number of nitrogens with zero attached hydrogens (tertiary/aromatic N) is 11. The molecule has 61 heavy (non-hydrogen) atoms. The van der Waals surface area contributed by atoms with Crippen LogP contribution in [0.3, 0.4) is 0 Å². The smallest absolute Gasteiger partial charge is 0.317 e. The highest BCUT2D eigenvalue weighted by atomic mass is 16.4. The molecule has 1 aliphatic rings. The zero-order valence-corrected chi connectivity index (χ0v) is 32.7. The number of pyridine rings is 3. The van der Waals surface area contributed by atoms with Gasteiger partial charge in [0.2, 0.25) is 0 Å². The van der Waals surface area contributed by atoms with E-state index in [0.717, 1.165) is 22.3 Å². The van der Waals surface area contributed by atoms with Crippen LogP contribution in [-0.4, -0.2) is 89.5 Å². The second kappa shape index (κ2) is 16.7. The number of rotatable bonds is 6. The number of hydrogen-bond acceptors (Lipinski definition) is 12. The molecule has 4 N–H and O–H groups in total. The molecule has 1 aliphatic heterocycles. The van der Waals surface area contributed by atoms with Gasteiger partial charge >= 0.3 is 11.9 Å². The van der Waals surface area contributed by atoms with Crippen molar-refractivity contribution in [2.45, 2.75) is 26.2 Å². The van der Waals surface area contributed by atoms with Crippen LogP contribution in [0.1, 0.15) is 22.8 Å². The summed E-state index contributed by atoms with van der Waals surface area (Å²) < 4.78 is 3.15. The largest absolute Gasteiger partial charge is 0.480 e. The van der Waals surface area contributed by atoms with Crippen LogP contribution in [0, 0.1) is 0 Å². The van der Waals surface area contributed by atoms with Crippen molar-refractivity contribution in [1.82, 2.24) is 54.3 Å². The van der Waals surface area contributed by atoms with Crippen molar-refractivity contribution >= 4 is 17.6 Å². The molecular formula is C45H38N12O4. The maximum absolute atomic E-state index is 12.1. The second-order valence-corrected chi connectivity index (χ2v) is 14.7. The Morgan fingerprint density at radius 1 is 0.508 bits per heavy atom. The molecule has 16 nitrogen and oxygen atoms in total. The van der Waals surface area contributed by atoms with E-state index >= 15 is 0 Å². The van der Waals surface area contributed by atoms with Gasteiger partial charge in [0.05, 0.1) is 71.0 Å². The number of nitrogens with two attached hydrogens (primary N) is 1. The minimum absolute atomic E-state index is 0.222. The number of nitrogen functional groups attached to an aromatic ring is 1. The number of anilines is 1. The van der Waals surface area contributed by atoms with Crippen molar-refractivity contribution in [2.24, 2.45) is 0 Å². The van der Waals surface area contributed by atoms with E-state index in [1.807, 2.05) is 72.8 Å². The van der Waals surface area contributed by atoms with Gasteiger partial charge in [-0.2, -0.15) is 10.2 Å². The Labute approximate surface area is 349 Å². The molecule has 0 aliphatic carbocycles. The first kappa shape index (κ1) is 38.6. The van der Waals surface area contributed by atoms with Gasteiger partial charge in [-0.15, -0.1) is 0 Å². The van der Waals surface area contributed by atoms with E-state index < -0.39 is 11.9 Å². The summed E-state index contributed by atoms with van der Waals surface area (Å²) in [5, 5.41) is 29.2. The molecule has 7 heterocycles. The topological polar surface area (TPSA) is 207 Å². The van der Waals surface area contributed by atoms with Gasteiger partial charge in [0.25, 0.3) is 0 Å². The summed E-state index contributed by atoms with van der Waals surface area (Å²) in [4.78, 5) is 51.9. The number of fused-ring (bicyclic) bond motifs is 16. The van der Waals surface area contributed by atoms with Crippen LogP contribution in [0.4, 0.5) is 5.69 Å². The van der Waals surface area contributed by atoms with Crippen molar-refractivity contribution in [3.63, 3.8) is 0 Å². The lowest BCUT2D eigenvalue weighted by Crippen LogP contribution is -2.29. The first-order valence-electron chi connectivity index (χ1n) is 19.4. The average molecular weight is 811 g/mol. The van der Waals surface area contributed by atoms with E-state index in [1.54, 1.807) is 56.1 Å². The van der Waals surface area contributed by atoms with Gasteiger partial charge in [-0.1, -0.05) is 48.5 Å². The van der Waals surface area contributed by atoms with Gasteiger partial charge in [0, 0.05) is 44.3 Å². The number of aromatic nitrogens is 9. The summed E-state index contributed by atoms with van der Waals surface area (Å²) in [6.07, 6.45) is 6.62. The van der Waals surface area contributed by atoms with Gasteiger partial charge in [-0.05, 0) is 82.9 Å². The summed E-state index contributed by atoms with van der Waals surface area (Å²) in [5.41, 5.74) is 15.4. The normalized spacial score (nSPS) is 13.3. The van der Waals surface area contributed by atoms with E-state index in [-0.39, 0.29) is 39.3 Å². The minimum Gasteiger partial charge on any atom is -0.480 e. The Bertz CT molecular complexity index is 2730. The van der Waals surface area contributed by atoms with Gasteiger partial charge in [-0.3, -0.25) is 24.4 Å². The van der Waals surface area contributed by atoms with Crippen LogP contribution in [0.5, 0.6) is 0 Å². The SMILES string of the molecule is Nc1ccc(-c2ccc(-c3cc4nc(c3)-c3cccc(n3)CN(CC(=O)O)Cc3ccn(n3)-c3cncc(n3)-n3ccc(n3)CN(CC(=O)O)Cc3cccc-4n3)cc2)cc1. The van der Waals surface area contributed by atoms with Crippen LogP contribution in [0.15, 0.2) is 134 Å². The zero-order chi connectivity index (χ0) is 41.9. The zero-order valence-electron chi connectivity index (χ0n) is 32.7. The first-order valence-corrected chi connectivity index (χ1v) is 19.4. The fraction of sp³-hybridized carbons (Fsp3) is 0.133. The van der Waals surface area contributed by atoms with Crippen molar-refractivity contribution in [3.05, 3.63) is 157 Å². The maximum atomic E-state index is 12.1. The summed E-state index contributed by atoms with van der Waals surface area (Å²) in [7, 11) is 0. The molecule has 302 valence electrons. The van der Waals surface area contributed by atoms with Gasteiger partial charge in [0.15, 0.2) is 11.6 Å². The molecule has 0 saturated heterocycles. The van der Waals surface area contributed by atoms with Crippen LogP contribution in [0.25, 0.3) is 56.7 Å². The number of aliphatic carboxylic acids is 2. The first-order chi connectivity index (χ1) is 29.7. The standard InChI is InChI=1S/C45H38N12O4/c46-33-13-11-30(12-14-33)29-7-9-31(10-8-29)32-19-40-38-5-1-3-34(48-38)23-54(27-44(58)59)25-36-15-17-56(52-36)42-21-47-22-43(51-42)57-18-16-37(53-57)26-55(28-45(60)61)24-35-4-2-6-39(49-35)41(20-32)50-40/h1-22H,23-28,46H2,(H,58,59)(H,60,61). The summed E-state index contributed by atoms with van der Waals surface area (Å²) in [5.74, 6) is -1.11. The van der Waals surface area contributed by atoms with Crippen molar-refractivity contribution in [2.75, 3.05) is 18.8 Å². The number of hydrogen-bond donors (Lipinski definition) is 3. The summed E-state index contributed by atoms with van der Waals surface area (Å²) in [6.45, 7) is 0.399. The summed E-state index contributed by atoms with van der Waals surface area (Å²) >= 11 is 0. The third kappa shape index (κ3) is 9.05. The van der Waals surface area contributed by atoms with Gasteiger partial charge in [0.1, 0.15) is 0 Å². The third-order valence-electron chi connectivity index (χ3n) is 10.1. The summed E-state index contributed by atoms with van der Waals surface area (Å²) in [6, 6.07) is 34.8.